The van der Waals surface area contributed by atoms with Crippen LogP contribution in [0.25, 0.3) is 11.3 Å². The van der Waals surface area contributed by atoms with Crippen molar-refractivity contribution < 1.29 is 13.2 Å². The van der Waals surface area contributed by atoms with Gasteiger partial charge in [-0.3, -0.25) is 4.72 Å². The summed E-state index contributed by atoms with van der Waals surface area (Å²) in [5.41, 5.74) is 4.48. The normalized spacial score (nSPS) is 11.3. The van der Waals surface area contributed by atoms with Crippen LogP contribution in [0.2, 0.25) is 0 Å². The van der Waals surface area contributed by atoms with Crippen molar-refractivity contribution in [2.75, 3.05) is 11.8 Å². The number of benzene rings is 2. The van der Waals surface area contributed by atoms with E-state index in [0.29, 0.717) is 22.2 Å². The Bertz CT molecular complexity index is 1040. The first-order valence-corrected chi connectivity index (χ1v) is 9.87. The van der Waals surface area contributed by atoms with Crippen molar-refractivity contribution in [1.29, 1.82) is 0 Å². The SMILES string of the molecule is COc1ccc(-c2ccc(NS(=O)(=O)c3c(C)cc(C)cc3C)cc2)nn1. The molecule has 2 aromatic carbocycles. The van der Waals surface area contributed by atoms with Gasteiger partial charge in [-0.15, -0.1) is 10.2 Å². The number of methoxy groups -OCH3 is 1. The summed E-state index contributed by atoms with van der Waals surface area (Å²) < 4.78 is 33.3. The van der Waals surface area contributed by atoms with Crippen molar-refractivity contribution in [3.05, 3.63) is 65.2 Å². The summed E-state index contributed by atoms with van der Waals surface area (Å²) >= 11 is 0. The number of hydrogen-bond donors (Lipinski definition) is 1. The molecule has 0 spiro atoms. The van der Waals surface area contributed by atoms with Crippen LogP contribution < -0.4 is 9.46 Å². The van der Waals surface area contributed by atoms with E-state index in [-0.39, 0.29) is 0 Å². The van der Waals surface area contributed by atoms with Gasteiger partial charge < -0.3 is 4.74 Å². The van der Waals surface area contributed by atoms with E-state index in [4.69, 9.17) is 4.74 Å². The fourth-order valence-corrected chi connectivity index (χ4v) is 4.60. The average molecular weight is 383 g/mol. The third-order valence-electron chi connectivity index (χ3n) is 4.16. The highest BCUT2D eigenvalue weighted by atomic mass is 32.2. The predicted molar refractivity (Wildman–Crippen MR) is 105 cm³/mol. The van der Waals surface area contributed by atoms with Crippen molar-refractivity contribution in [1.82, 2.24) is 10.2 Å². The van der Waals surface area contributed by atoms with Gasteiger partial charge >= 0.3 is 0 Å². The Hall–Kier alpha value is -2.93. The molecule has 0 aliphatic heterocycles. The minimum Gasteiger partial charge on any atom is -0.480 e. The second kappa shape index (κ2) is 7.36. The number of aryl methyl sites for hydroxylation is 3. The zero-order chi connectivity index (χ0) is 19.6. The highest BCUT2D eigenvalue weighted by Crippen LogP contribution is 2.26. The van der Waals surface area contributed by atoms with Crippen LogP contribution in [0.3, 0.4) is 0 Å². The summed E-state index contributed by atoms with van der Waals surface area (Å²) in [6, 6.07) is 14.3. The predicted octanol–water partition coefficient (Wildman–Crippen LogP) is 3.88. The standard InChI is InChI=1S/C20H21N3O3S/c1-13-11-14(2)20(15(3)12-13)27(24,25)23-17-7-5-16(6-8-17)18-9-10-19(26-4)22-21-18/h5-12,23H,1-4H3. The van der Waals surface area contributed by atoms with Crippen LogP contribution >= 0.6 is 0 Å². The maximum Gasteiger partial charge on any atom is 0.262 e. The van der Waals surface area contributed by atoms with Crippen LogP contribution in [0.1, 0.15) is 16.7 Å². The first-order chi connectivity index (χ1) is 12.8. The number of nitrogens with one attached hydrogen (secondary N) is 1. The van der Waals surface area contributed by atoms with E-state index in [9.17, 15) is 8.42 Å². The molecule has 3 aromatic rings. The minimum absolute atomic E-state index is 0.318. The Balaban J connectivity index is 1.85. The van der Waals surface area contributed by atoms with E-state index >= 15 is 0 Å². The third kappa shape index (κ3) is 4.09. The van der Waals surface area contributed by atoms with Crippen molar-refractivity contribution >= 4 is 15.7 Å². The molecule has 1 aromatic heterocycles. The molecule has 6 nitrogen and oxygen atoms in total. The molecule has 0 bridgehead atoms. The van der Waals surface area contributed by atoms with E-state index in [1.165, 1.54) is 7.11 Å². The summed E-state index contributed by atoms with van der Waals surface area (Å²) in [4.78, 5) is 0.318. The summed E-state index contributed by atoms with van der Waals surface area (Å²) in [7, 11) is -2.14. The lowest BCUT2D eigenvalue weighted by Crippen LogP contribution is -2.15. The number of aromatic nitrogens is 2. The van der Waals surface area contributed by atoms with Gasteiger partial charge in [0.05, 0.1) is 17.7 Å². The first kappa shape index (κ1) is 18.8. The van der Waals surface area contributed by atoms with Crippen LogP contribution in [0.4, 0.5) is 5.69 Å². The van der Waals surface area contributed by atoms with Gasteiger partial charge in [0.1, 0.15) is 0 Å². The van der Waals surface area contributed by atoms with Gasteiger partial charge in [-0.25, -0.2) is 8.42 Å². The Kier molecular flexibility index (Phi) is 5.14. The first-order valence-electron chi connectivity index (χ1n) is 8.39. The van der Waals surface area contributed by atoms with Crippen molar-refractivity contribution in [3.8, 4) is 17.1 Å². The molecule has 1 N–H and O–H groups in total. The van der Waals surface area contributed by atoms with E-state index in [1.54, 1.807) is 50.2 Å². The largest absolute Gasteiger partial charge is 0.480 e. The van der Waals surface area contributed by atoms with E-state index < -0.39 is 10.0 Å². The maximum atomic E-state index is 12.8. The van der Waals surface area contributed by atoms with Gasteiger partial charge in [-0.1, -0.05) is 29.8 Å². The molecule has 1 heterocycles. The number of anilines is 1. The van der Waals surface area contributed by atoms with Crippen LogP contribution in [0.15, 0.2) is 53.4 Å². The second-order valence-electron chi connectivity index (χ2n) is 6.37. The summed E-state index contributed by atoms with van der Waals surface area (Å²) in [5.74, 6) is 0.437. The average Bonchev–Trinajstić information content (AvgIpc) is 2.61. The Morgan fingerprint density at radius 3 is 2.04 bits per heavy atom. The molecule has 0 aliphatic rings. The Morgan fingerprint density at radius 1 is 0.889 bits per heavy atom. The summed E-state index contributed by atoms with van der Waals surface area (Å²) in [6.07, 6.45) is 0. The molecule has 0 saturated carbocycles. The number of hydrogen-bond acceptors (Lipinski definition) is 5. The number of rotatable bonds is 5. The molecule has 27 heavy (non-hydrogen) atoms. The van der Waals surface area contributed by atoms with Crippen LogP contribution in [-0.4, -0.2) is 25.7 Å². The smallest absolute Gasteiger partial charge is 0.262 e. The fourth-order valence-electron chi connectivity index (χ4n) is 3.09. The zero-order valence-corrected chi connectivity index (χ0v) is 16.5. The van der Waals surface area contributed by atoms with E-state index in [2.05, 4.69) is 14.9 Å². The Morgan fingerprint density at radius 2 is 1.52 bits per heavy atom. The van der Waals surface area contributed by atoms with Gasteiger partial charge in [0.25, 0.3) is 10.0 Å². The molecular weight excluding hydrogens is 362 g/mol. The molecule has 3 rings (SSSR count). The molecule has 0 fully saturated rings. The molecule has 0 amide bonds. The van der Waals surface area contributed by atoms with E-state index in [0.717, 1.165) is 22.3 Å². The highest BCUT2D eigenvalue weighted by molar-refractivity contribution is 7.92. The van der Waals surface area contributed by atoms with Gasteiger partial charge in [-0.2, -0.15) is 0 Å². The number of sulfonamides is 1. The molecule has 140 valence electrons. The maximum absolute atomic E-state index is 12.8. The van der Waals surface area contributed by atoms with Crippen molar-refractivity contribution in [2.24, 2.45) is 0 Å². The van der Waals surface area contributed by atoms with Crippen LogP contribution in [0.5, 0.6) is 5.88 Å². The second-order valence-corrected chi connectivity index (χ2v) is 7.99. The van der Waals surface area contributed by atoms with Crippen molar-refractivity contribution in [2.45, 2.75) is 25.7 Å². The summed E-state index contributed by atoms with van der Waals surface area (Å²) in [5, 5.41) is 8.03. The minimum atomic E-state index is -3.67. The van der Waals surface area contributed by atoms with Gasteiger partial charge in [-0.05, 0) is 50.1 Å². The molecule has 7 heteroatoms. The topological polar surface area (TPSA) is 81.2 Å². The van der Waals surface area contributed by atoms with Crippen LogP contribution in [0, 0.1) is 20.8 Å². The lowest BCUT2D eigenvalue weighted by molar-refractivity contribution is 0.392. The summed E-state index contributed by atoms with van der Waals surface area (Å²) in [6.45, 7) is 5.56. The fraction of sp³-hybridized carbons (Fsp3) is 0.200. The lowest BCUT2D eigenvalue weighted by atomic mass is 10.1. The third-order valence-corrected chi connectivity index (χ3v) is 5.84. The molecule has 0 aliphatic carbocycles. The number of ether oxygens (including phenoxy) is 1. The van der Waals surface area contributed by atoms with Gasteiger partial charge in [0.2, 0.25) is 5.88 Å². The molecule has 0 saturated heterocycles. The monoisotopic (exact) mass is 383 g/mol. The highest BCUT2D eigenvalue weighted by Gasteiger charge is 2.20. The number of nitrogens with zero attached hydrogens (tertiary/aromatic N) is 2. The van der Waals surface area contributed by atoms with Gasteiger partial charge in [0.15, 0.2) is 0 Å². The van der Waals surface area contributed by atoms with Crippen LogP contribution in [-0.2, 0) is 10.0 Å². The zero-order valence-electron chi connectivity index (χ0n) is 15.6. The lowest BCUT2D eigenvalue weighted by Gasteiger charge is -2.14. The molecule has 0 radical (unpaired) electrons. The Labute approximate surface area is 159 Å². The quantitative estimate of drug-likeness (QED) is 0.723. The van der Waals surface area contributed by atoms with Crippen molar-refractivity contribution in [3.63, 3.8) is 0 Å². The van der Waals surface area contributed by atoms with E-state index in [1.807, 2.05) is 19.1 Å². The molecular formula is C20H21N3O3S. The molecule has 0 atom stereocenters. The molecule has 0 unspecified atom stereocenters. The van der Waals surface area contributed by atoms with Gasteiger partial charge in [0, 0.05) is 17.3 Å².